The summed E-state index contributed by atoms with van der Waals surface area (Å²) >= 11 is 0. The number of hydrogen-bond donors (Lipinski definition) is 1. The van der Waals surface area contributed by atoms with Crippen LogP contribution in [0.15, 0.2) is 24.3 Å². The second-order valence-electron chi connectivity index (χ2n) is 3.18. The molecule has 1 amide bonds. The van der Waals surface area contributed by atoms with Crippen LogP contribution in [0, 0.1) is 6.42 Å². The zero-order valence-corrected chi connectivity index (χ0v) is 7.69. The van der Waals surface area contributed by atoms with E-state index in [2.05, 4.69) is 6.42 Å². The smallest absolute Gasteiger partial charge is 0.225 e. The van der Waals surface area contributed by atoms with E-state index in [4.69, 9.17) is 10.5 Å². The Morgan fingerprint density at radius 2 is 2.29 bits per heavy atom. The van der Waals surface area contributed by atoms with Crippen molar-refractivity contribution >= 4 is 5.91 Å². The van der Waals surface area contributed by atoms with E-state index in [9.17, 15) is 4.79 Å². The number of amides is 1. The molecular formula is C11H11NO2. The molecule has 1 atom stereocenters. The van der Waals surface area contributed by atoms with Gasteiger partial charge in [0, 0.05) is 12.0 Å². The standard InChI is InChI=1S/C11H11NO2/c12-11(13)9-5-3-7-14-10-6-2-1-4-8(9)10/h1-2,4,6,9H,3,7H2,(H2,12,13). The number of primary amides is 1. The summed E-state index contributed by atoms with van der Waals surface area (Å²) in [6, 6.07) is 7.44. The summed E-state index contributed by atoms with van der Waals surface area (Å²) in [5.41, 5.74) is 6.11. The van der Waals surface area contributed by atoms with Gasteiger partial charge >= 0.3 is 0 Å². The van der Waals surface area contributed by atoms with Gasteiger partial charge in [-0.3, -0.25) is 4.79 Å². The summed E-state index contributed by atoms with van der Waals surface area (Å²) in [4.78, 5) is 11.2. The Morgan fingerprint density at radius 3 is 3.07 bits per heavy atom. The van der Waals surface area contributed by atoms with E-state index in [-0.39, 0.29) is 5.91 Å². The molecule has 1 aliphatic heterocycles. The lowest BCUT2D eigenvalue weighted by molar-refractivity contribution is -0.118. The first-order valence-corrected chi connectivity index (χ1v) is 4.53. The van der Waals surface area contributed by atoms with E-state index in [1.807, 2.05) is 24.3 Å². The first-order valence-electron chi connectivity index (χ1n) is 4.53. The summed E-state index contributed by atoms with van der Waals surface area (Å²) in [7, 11) is 0. The molecule has 0 fully saturated rings. The molecule has 1 unspecified atom stereocenters. The SMILES string of the molecule is NC(=O)C1[C]CCOc2ccccc21. The van der Waals surface area contributed by atoms with Gasteiger partial charge in [-0.1, -0.05) is 18.2 Å². The number of ether oxygens (including phenoxy) is 1. The number of para-hydroxylation sites is 1. The molecule has 0 spiro atoms. The molecule has 72 valence electrons. The highest BCUT2D eigenvalue weighted by molar-refractivity contribution is 5.84. The lowest BCUT2D eigenvalue weighted by Crippen LogP contribution is -2.21. The molecule has 0 saturated heterocycles. The molecule has 14 heavy (non-hydrogen) atoms. The molecular weight excluding hydrogens is 178 g/mol. The predicted molar refractivity (Wildman–Crippen MR) is 51.7 cm³/mol. The van der Waals surface area contributed by atoms with Gasteiger partial charge < -0.3 is 10.5 Å². The van der Waals surface area contributed by atoms with E-state index in [0.29, 0.717) is 13.0 Å². The monoisotopic (exact) mass is 189 g/mol. The molecule has 3 nitrogen and oxygen atoms in total. The Balaban J connectivity index is 2.42. The Bertz CT molecular complexity index is 349. The number of fused-ring (bicyclic) bond motifs is 1. The van der Waals surface area contributed by atoms with Crippen molar-refractivity contribution in [1.29, 1.82) is 0 Å². The van der Waals surface area contributed by atoms with Gasteiger partial charge in [-0.05, 0) is 12.5 Å². The van der Waals surface area contributed by atoms with Gasteiger partial charge in [0.05, 0.1) is 12.5 Å². The fourth-order valence-electron chi connectivity index (χ4n) is 1.58. The highest BCUT2D eigenvalue weighted by Gasteiger charge is 2.24. The van der Waals surface area contributed by atoms with Crippen LogP contribution >= 0.6 is 0 Å². The third kappa shape index (κ3) is 1.58. The molecule has 2 N–H and O–H groups in total. The van der Waals surface area contributed by atoms with Crippen molar-refractivity contribution in [2.45, 2.75) is 12.3 Å². The molecule has 0 aromatic heterocycles. The normalized spacial score (nSPS) is 20.4. The van der Waals surface area contributed by atoms with Crippen LogP contribution < -0.4 is 10.5 Å². The first kappa shape index (κ1) is 9.06. The van der Waals surface area contributed by atoms with Gasteiger partial charge in [0.25, 0.3) is 0 Å². The van der Waals surface area contributed by atoms with Crippen LogP contribution in [0.5, 0.6) is 5.75 Å². The van der Waals surface area contributed by atoms with E-state index < -0.39 is 5.92 Å². The Kier molecular flexibility index (Phi) is 2.39. The van der Waals surface area contributed by atoms with Crippen molar-refractivity contribution in [3.8, 4) is 5.75 Å². The van der Waals surface area contributed by atoms with Crippen molar-refractivity contribution in [3.05, 3.63) is 36.2 Å². The lowest BCUT2D eigenvalue weighted by Gasteiger charge is -2.11. The zero-order chi connectivity index (χ0) is 9.97. The van der Waals surface area contributed by atoms with Crippen LogP contribution in [0.4, 0.5) is 0 Å². The van der Waals surface area contributed by atoms with Gasteiger partial charge in [-0.2, -0.15) is 0 Å². The summed E-state index contributed by atoms with van der Waals surface area (Å²) in [5, 5.41) is 0. The van der Waals surface area contributed by atoms with Crippen LogP contribution in [-0.4, -0.2) is 12.5 Å². The molecule has 1 aliphatic rings. The maximum atomic E-state index is 11.2. The minimum atomic E-state index is -0.436. The molecule has 3 heteroatoms. The largest absolute Gasteiger partial charge is 0.493 e. The molecule has 2 radical (unpaired) electrons. The first-order chi connectivity index (χ1) is 6.79. The molecule has 0 bridgehead atoms. The van der Waals surface area contributed by atoms with Gasteiger partial charge in [-0.25, -0.2) is 0 Å². The predicted octanol–water partition coefficient (Wildman–Crippen LogP) is 1.12. The average molecular weight is 189 g/mol. The van der Waals surface area contributed by atoms with Crippen LogP contribution in [0.2, 0.25) is 0 Å². The summed E-state index contributed by atoms with van der Waals surface area (Å²) in [6.07, 6.45) is 3.66. The minimum Gasteiger partial charge on any atom is -0.493 e. The van der Waals surface area contributed by atoms with Gasteiger partial charge in [0.15, 0.2) is 0 Å². The topological polar surface area (TPSA) is 52.3 Å². The van der Waals surface area contributed by atoms with Crippen molar-refractivity contribution in [2.75, 3.05) is 6.61 Å². The van der Waals surface area contributed by atoms with Crippen molar-refractivity contribution < 1.29 is 9.53 Å². The lowest BCUT2D eigenvalue weighted by atomic mass is 9.94. The third-order valence-electron chi connectivity index (χ3n) is 2.22. The fourth-order valence-corrected chi connectivity index (χ4v) is 1.58. The molecule has 2 rings (SSSR count). The van der Waals surface area contributed by atoms with Crippen LogP contribution in [-0.2, 0) is 4.79 Å². The quantitative estimate of drug-likeness (QED) is 0.719. The third-order valence-corrected chi connectivity index (χ3v) is 2.22. The van der Waals surface area contributed by atoms with Crippen LogP contribution in [0.3, 0.4) is 0 Å². The van der Waals surface area contributed by atoms with Gasteiger partial charge in [0.1, 0.15) is 5.75 Å². The number of nitrogens with two attached hydrogens (primary N) is 1. The molecule has 0 saturated carbocycles. The van der Waals surface area contributed by atoms with Crippen molar-refractivity contribution in [3.63, 3.8) is 0 Å². The summed E-state index contributed by atoms with van der Waals surface area (Å²) in [6.45, 7) is 0.556. The zero-order valence-electron chi connectivity index (χ0n) is 7.69. The second-order valence-corrected chi connectivity index (χ2v) is 3.18. The van der Waals surface area contributed by atoms with E-state index >= 15 is 0 Å². The van der Waals surface area contributed by atoms with Crippen molar-refractivity contribution in [1.82, 2.24) is 0 Å². The summed E-state index contributed by atoms with van der Waals surface area (Å²) < 4.78 is 5.46. The highest BCUT2D eigenvalue weighted by Crippen LogP contribution is 2.31. The molecule has 0 aliphatic carbocycles. The Labute approximate surface area is 82.9 Å². The van der Waals surface area contributed by atoms with E-state index in [1.54, 1.807) is 0 Å². The Hall–Kier alpha value is -1.51. The van der Waals surface area contributed by atoms with Crippen molar-refractivity contribution in [2.24, 2.45) is 5.73 Å². The minimum absolute atomic E-state index is 0.372. The highest BCUT2D eigenvalue weighted by atomic mass is 16.5. The maximum absolute atomic E-state index is 11.2. The molecule has 1 aromatic rings. The second kappa shape index (κ2) is 3.70. The number of benzene rings is 1. The summed E-state index contributed by atoms with van der Waals surface area (Å²) in [5.74, 6) is -0.0713. The molecule has 1 aromatic carbocycles. The fraction of sp³-hybridized carbons (Fsp3) is 0.273. The molecule has 1 heterocycles. The number of hydrogen-bond acceptors (Lipinski definition) is 2. The maximum Gasteiger partial charge on any atom is 0.225 e. The number of carbonyl (C=O) groups excluding carboxylic acids is 1. The van der Waals surface area contributed by atoms with Gasteiger partial charge in [-0.15, -0.1) is 0 Å². The average Bonchev–Trinajstić information content (AvgIpc) is 2.39. The van der Waals surface area contributed by atoms with Crippen LogP contribution in [0.25, 0.3) is 0 Å². The number of rotatable bonds is 1. The van der Waals surface area contributed by atoms with E-state index in [1.165, 1.54) is 0 Å². The van der Waals surface area contributed by atoms with Crippen LogP contribution in [0.1, 0.15) is 17.9 Å². The number of carbonyl (C=O) groups is 1. The Morgan fingerprint density at radius 1 is 1.50 bits per heavy atom. The van der Waals surface area contributed by atoms with Gasteiger partial charge in [0.2, 0.25) is 5.91 Å². The van der Waals surface area contributed by atoms with E-state index in [0.717, 1.165) is 11.3 Å².